The molecule has 0 aliphatic rings. The summed E-state index contributed by atoms with van der Waals surface area (Å²) >= 11 is 0. The molecule has 0 radical (unpaired) electrons. The van der Waals surface area contributed by atoms with Crippen LogP contribution in [-0.4, -0.2) is 25.7 Å². The van der Waals surface area contributed by atoms with Crippen LogP contribution in [0.25, 0.3) is 22.0 Å². The highest BCUT2D eigenvalue weighted by Crippen LogP contribution is 2.33. The number of carbonyl (C=O) groups is 1. The first-order valence-electron chi connectivity index (χ1n) is 11.8. The van der Waals surface area contributed by atoms with E-state index in [0.29, 0.717) is 5.95 Å². The standard InChI is InChI=1S/C29H28N6O/c1-29(2,3)27(36)35(24-10-6-5-7-11-24)25-12-8-9-23(16-25)32-28-30-17-21-15-20(13-14-26(21)33-28)22-18-31-34(4)19-22/h5-19H,1-4H3,(H,30,32,33). The fourth-order valence-corrected chi connectivity index (χ4v) is 3.99. The van der Waals surface area contributed by atoms with E-state index in [0.717, 1.165) is 39.1 Å². The van der Waals surface area contributed by atoms with Gasteiger partial charge < -0.3 is 5.32 Å². The number of anilines is 4. The molecule has 180 valence electrons. The lowest BCUT2D eigenvalue weighted by Crippen LogP contribution is -2.36. The predicted octanol–water partition coefficient (Wildman–Crippen LogP) is 6.48. The minimum absolute atomic E-state index is 0.0113. The van der Waals surface area contributed by atoms with Gasteiger partial charge in [-0.3, -0.25) is 14.4 Å². The zero-order chi connectivity index (χ0) is 25.3. The Kier molecular flexibility index (Phi) is 5.98. The second kappa shape index (κ2) is 9.26. The van der Waals surface area contributed by atoms with Crippen molar-refractivity contribution in [2.75, 3.05) is 10.2 Å². The molecule has 2 heterocycles. The summed E-state index contributed by atoms with van der Waals surface area (Å²) in [7, 11) is 1.90. The van der Waals surface area contributed by atoms with Gasteiger partial charge in [0.2, 0.25) is 11.9 Å². The molecule has 1 N–H and O–H groups in total. The van der Waals surface area contributed by atoms with Crippen molar-refractivity contribution in [3.05, 3.63) is 91.4 Å². The molecular weight excluding hydrogens is 448 g/mol. The number of fused-ring (bicyclic) bond motifs is 1. The molecule has 7 heteroatoms. The smallest absolute Gasteiger partial charge is 0.236 e. The van der Waals surface area contributed by atoms with Gasteiger partial charge >= 0.3 is 0 Å². The van der Waals surface area contributed by atoms with Crippen LogP contribution in [-0.2, 0) is 11.8 Å². The normalized spacial score (nSPS) is 11.4. The summed E-state index contributed by atoms with van der Waals surface area (Å²) in [6.45, 7) is 5.78. The lowest BCUT2D eigenvalue weighted by Gasteiger charge is -2.30. The van der Waals surface area contributed by atoms with Crippen LogP contribution < -0.4 is 10.2 Å². The van der Waals surface area contributed by atoms with Crippen LogP contribution in [0.4, 0.5) is 23.0 Å². The maximum atomic E-state index is 13.4. The molecule has 0 aliphatic heterocycles. The van der Waals surface area contributed by atoms with E-state index >= 15 is 0 Å². The first kappa shape index (κ1) is 23.2. The van der Waals surface area contributed by atoms with E-state index in [1.54, 1.807) is 9.58 Å². The third-order valence-corrected chi connectivity index (χ3v) is 5.84. The molecule has 2 aromatic heterocycles. The van der Waals surface area contributed by atoms with Crippen LogP contribution >= 0.6 is 0 Å². The van der Waals surface area contributed by atoms with E-state index in [9.17, 15) is 4.79 Å². The van der Waals surface area contributed by atoms with Gasteiger partial charge in [-0.05, 0) is 48.0 Å². The molecule has 0 atom stereocenters. The number of nitrogens with zero attached hydrogens (tertiary/aromatic N) is 5. The number of carbonyl (C=O) groups excluding carboxylic acids is 1. The summed E-state index contributed by atoms with van der Waals surface area (Å²) < 4.78 is 1.78. The maximum Gasteiger partial charge on any atom is 0.236 e. The van der Waals surface area contributed by atoms with Gasteiger partial charge in [-0.15, -0.1) is 0 Å². The summed E-state index contributed by atoms with van der Waals surface area (Å²) in [4.78, 5) is 24.4. The van der Waals surface area contributed by atoms with Crippen molar-refractivity contribution in [1.82, 2.24) is 19.7 Å². The van der Waals surface area contributed by atoms with E-state index in [-0.39, 0.29) is 5.91 Å². The average molecular weight is 477 g/mol. The van der Waals surface area contributed by atoms with Crippen molar-refractivity contribution in [2.24, 2.45) is 12.5 Å². The second-order valence-electron chi connectivity index (χ2n) is 9.77. The molecule has 0 aliphatic carbocycles. The van der Waals surface area contributed by atoms with Gasteiger partial charge in [0.1, 0.15) is 0 Å². The quantitative estimate of drug-likeness (QED) is 0.314. The SMILES string of the molecule is Cn1cc(-c2ccc3nc(Nc4cccc(N(C(=O)C(C)(C)C)c5ccccc5)c4)ncc3c2)cn1. The van der Waals surface area contributed by atoms with Gasteiger partial charge in [0.25, 0.3) is 0 Å². The molecular formula is C29H28N6O. The summed E-state index contributed by atoms with van der Waals surface area (Å²) in [5, 5.41) is 8.49. The molecule has 7 nitrogen and oxygen atoms in total. The maximum absolute atomic E-state index is 13.4. The second-order valence-corrected chi connectivity index (χ2v) is 9.77. The Balaban J connectivity index is 1.44. The first-order chi connectivity index (χ1) is 17.3. The Hall–Kier alpha value is -4.52. The highest BCUT2D eigenvalue weighted by molar-refractivity contribution is 6.03. The molecule has 0 saturated carbocycles. The van der Waals surface area contributed by atoms with Crippen molar-refractivity contribution in [3.8, 4) is 11.1 Å². The Morgan fingerprint density at radius 1 is 0.889 bits per heavy atom. The highest BCUT2D eigenvalue weighted by atomic mass is 16.2. The van der Waals surface area contributed by atoms with Gasteiger partial charge in [0.05, 0.1) is 17.4 Å². The zero-order valence-electron chi connectivity index (χ0n) is 20.8. The number of aryl methyl sites for hydroxylation is 1. The van der Waals surface area contributed by atoms with Crippen LogP contribution in [0.5, 0.6) is 0 Å². The van der Waals surface area contributed by atoms with E-state index in [4.69, 9.17) is 4.98 Å². The third kappa shape index (κ3) is 4.81. The summed E-state index contributed by atoms with van der Waals surface area (Å²) in [6, 6.07) is 23.5. The molecule has 36 heavy (non-hydrogen) atoms. The Labute approximate surface area is 210 Å². The summed E-state index contributed by atoms with van der Waals surface area (Å²) in [5.41, 5.74) is 4.79. The third-order valence-electron chi connectivity index (χ3n) is 5.84. The van der Waals surface area contributed by atoms with Crippen molar-refractivity contribution < 1.29 is 4.79 Å². The monoisotopic (exact) mass is 476 g/mol. The number of hydrogen-bond donors (Lipinski definition) is 1. The molecule has 0 spiro atoms. The first-order valence-corrected chi connectivity index (χ1v) is 11.8. The summed E-state index contributed by atoms with van der Waals surface area (Å²) in [6.07, 6.45) is 5.63. The fourth-order valence-electron chi connectivity index (χ4n) is 3.99. The molecule has 3 aromatic carbocycles. The van der Waals surface area contributed by atoms with Crippen LogP contribution in [0, 0.1) is 5.41 Å². The van der Waals surface area contributed by atoms with Crippen LogP contribution in [0.3, 0.4) is 0 Å². The average Bonchev–Trinajstić information content (AvgIpc) is 3.30. The number of nitrogens with one attached hydrogen (secondary N) is 1. The Bertz CT molecular complexity index is 1530. The molecule has 0 fully saturated rings. The fraction of sp³-hybridized carbons (Fsp3) is 0.172. The number of amides is 1. The lowest BCUT2D eigenvalue weighted by molar-refractivity contribution is -0.125. The van der Waals surface area contributed by atoms with Crippen molar-refractivity contribution >= 4 is 39.8 Å². The minimum Gasteiger partial charge on any atom is -0.324 e. The molecule has 0 unspecified atom stereocenters. The van der Waals surface area contributed by atoms with Crippen molar-refractivity contribution in [1.29, 1.82) is 0 Å². The van der Waals surface area contributed by atoms with E-state index in [1.807, 2.05) is 113 Å². The minimum atomic E-state index is -0.546. The van der Waals surface area contributed by atoms with Gasteiger partial charge in [-0.25, -0.2) is 9.97 Å². The Morgan fingerprint density at radius 2 is 1.67 bits per heavy atom. The van der Waals surface area contributed by atoms with Gasteiger partial charge in [0.15, 0.2) is 0 Å². The van der Waals surface area contributed by atoms with Gasteiger partial charge in [0, 0.05) is 47.2 Å². The largest absolute Gasteiger partial charge is 0.324 e. The van der Waals surface area contributed by atoms with E-state index in [2.05, 4.69) is 21.5 Å². The highest BCUT2D eigenvalue weighted by Gasteiger charge is 2.29. The van der Waals surface area contributed by atoms with E-state index in [1.165, 1.54) is 0 Å². The number of benzene rings is 3. The van der Waals surface area contributed by atoms with Gasteiger partial charge in [-0.1, -0.05) is 51.1 Å². The molecule has 5 aromatic rings. The molecule has 0 saturated heterocycles. The molecule has 5 rings (SSSR count). The summed E-state index contributed by atoms with van der Waals surface area (Å²) in [5.74, 6) is 0.499. The van der Waals surface area contributed by atoms with Crippen molar-refractivity contribution in [2.45, 2.75) is 20.8 Å². The van der Waals surface area contributed by atoms with E-state index < -0.39 is 5.41 Å². The van der Waals surface area contributed by atoms with Crippen LogP contribution in [0.1, 0.15) is 20.8 Å². The van der Waals surface area contributed by atoms with Crippen LogP contribution in [0.15, 0.2) is 91.4 Å². The lowest BCUT2D eigenvalue weighted by atomic mass is 9.94. The Morgan fingerprint density at radius 3 is 2.39 bits per heavy atom. The van der Waals surface area contributed by atoms with Crippen molar-refractivity contribution in [3.63, 3.8) is 0 Å². The predicted molar refractivity (Wildman–Crippen MR) is 145 cm³/mol. The number of aromatic nitrogens is 4. The van der Waals surface area contributed by atoms with Gasteiger partial charge in [-0.2, -0.15) is 5.10 Å². The number of hydrogen-bond acceptors (Lipinski definition) is 5. The number of para-hydroxylation sites is 1. The van der Waals surface area contributed by atoms with Crippen LogP contribution in [0.2, 0.25) is 0 Å². The zero-order valence-corrected chi connectivity index (χ0v) is 20.8. The molecule has 0 bridgehead atoms. The molecule has 1 amide bonds. The topological polar surface area (TPSA) is 75.9 Å². The number of rotatable bonds is 5.